The molecule has 1 amide bonds. The standard InChI is InChI=1S/C20H25N3O3/c24-20(16-25-13-14-26-18-7-3-1-4-8-18)22-19-10-9-17(15-21-19)23-11-5-2-6-12-23/h1,3-4,7-10,15H,2,5-6,11-14,16H2,(H,21,22,24). The first-order chi connectivity index (χ1) is 12.8. The molecule has 1 aromatic carbocycles. The number of rotatable bonds is 8. The second kappa shape index (κ2) is 9.77. The van der Waals surface area contributed by atoms with Crippen molar-refractivity contribution in [3.8, 4) is 5.75 Å². The number of benzene rings is 1. The summed E-state index contributed by atoms with van der Waals surface area (Å²) in [5, 5.41) is 2.75. The molecule has 2 aromatic rings. The number of carbonyl (C=O) groups is 1. The molecule has 0 spiro atoms. The molecule has 0 unspecified atom stereocenters. The molecule has 0 saturated carbocycles. The second-order valence-corrected chi connectivity index (χ2v) is 6.21. The van der Waals surface area contributed by atoms with Crippen LogP contribution < -0.4 is 15.0 Å². The number of para-hydroxylation sites is 1. The van der Waals surface area contributed by atoms with E-state index in [0.29, 0.717) is 19.0 Å². The number of nitrogens with zero attached hydrogens (tertiary/aromatic N) is 2. The summed E-state index contributed by atoms with van der Waals surface area (Å²) in [5.74, 6) is 1.11. The predicted molar refractivity (Wildman–Crippen MR) is 102 cm³/mol. The number of hydrogen-bond acceptors (Lipinski definition) is 5. The lowest BCUT2D eigenvalue weighted by Gasteiger charge is -2.28. The Morgan fingerprint density at radius 1 is 1.04 bits per heavy atom. The van der Waals surface area contributed by atoms with E-state index in [1.807, 2.05) is 48.7 Å². The highest BCUT2D eigenvalue weighted by molar-refractivity contribution is 5.90. The predicted octanol–water partition coefficient (Wildman–Crippen LogP) is 3.11. The minimum Gasteiger partial charge on any atom is -0.491 e. The van der Waals surface area contributed by atoms with Gasteiger partial charge in [-0.2, -0.15) is 0 Å². The highest BCUT2D eigenvalue weighted by Crippen LogP contribution is 2.19. The number of pyridine rings is 1. The minimum atomic E-state index is -0.220. The molecular formula is C20H25N3O3. The van der Waals surface area contributed by atoms with Crippen LogP contribution in [0.4, 0.5) is 11.5 Å². The number of anilines is 2. The summed E-state index contributed by atoms with van der Waals surface area (Å²) in [5.41, 5.74) is 1.11. The third-order valence-corrected chi connectivity index (χ3v) is 4.21. The Labute approximate surface area is 154 Å². The molecule has 3 rings (SSSR count). The van der Waals surface area contributed by atoms with Crippen molar-refractivity contribution in [1.82, 2.24) is 4.98 Å². The zero-order valence-electron chi connectivity index (χ0n) is 14.9. The third-order valence-electron chi connectivity index (χ3n) is 4.21. The fourth-order valence-electron chi connectivity index (χ4n) is 2.88. The fourth-order valence-corrected chi connectivity index (χ4v) is 2.88. The first kappa shape index (κ1) is 18.2. The monoisotopic (exact) mass is 355 g/mol. The molecule has 1 aliphatic rings. The van der Waals surface area contributed by atoms with Crippen molar-refractivity contribution < 1.29 is 14.3 Å². The average Bonchev–Trinajstić information content (AvgIpc) is 2.70. The maximum atomic E-state index is 11.9. The number of carbonyl (C=O) groups excluding carboxylic acids is 1. The smallest absolute Gasteiger partial charge is 0.251 e. The van der Waals surface area contributed by atoms with Crippen molar-refractivity contribution in [3.05, 3.63) is 48.7 Å². The molecule has 1 saturated heterocycles. The van der Waals surface area contributed by atoms with Crippen LogP contribution in [-0.4, -0.2) is 43.8 Å². The summed E-state index contributed by atoms with van der Waals surface area (Å²) >= 11 is 0. The molecule has 1 fully saturated rings. The SMILES string of the molecule is O=C(COCCOc1ccccc1)Nc1ccc(N2CCCCC2)cn1. The molecule has 6 nitrogen and oxygen atoms in total. The molecule has 0 atom stereocenters. The summed E-state index contributed by atoms with van der Waals surface area (Å²) in [7, 11) is 0. The summed E-state index contributed by atoms with van der Waals surface area (Å²) in [6, 6.07) is 13.3. The summed E-state index contributed by atoms with van der Waals surface area (Å²) < 4.78 is 10.8. The van der Waals surface area contributed by atoms with Crippen LogP contribution in [0.3, 0.4) is 0 Å². The van der Waals surface area contributed by atoms with Crippen LogP contribution in [0.1, 0.15) is 19.3 Å². The Hall–Kier alpha value is -2.60. The molecule has 0 radical (unpaired) electrons. The first-order valence-corrected chi connectivity index (χ1v) is 9.08. The van der Waals surface area contributed by atoms with Gasteiger partial charge in [-0.15, -0.1) is 0 Å². The van der Waals surface area contributed by atoms with Gasteiger partial charge in [-0.05, 0) is 43.5 Å². The Kier molecular flexibility index (Phi) is 6.84. The molecule has 1 aromatic heterocycles. The van der Waals surface area contributed by atoms with Crippen molar-refractivity contribution in [3.63, 3.8) is 0 Å². The summed E-state index contributed by atoms with van der Waals surface area (Å²) in [6.45, 7) is 2.88. The van der Waals surface area contributed by atoms with Crippen LogP contribution in [0.5, 0.6) is 5.75 Å². The minimum absolute atomic E-state index is 0.0201. The molecule has 26 heavy (non-hydrogen) atoms. The van der Waals surface area contributed by atoms with Crippen LogP contribution in [0, 0.1) is 0 Å². The van der Waals surface area contributed by atoms with Gasteiger partial charge in [-0.1, -0.05) is 18.2 Å². The van der Waals surface area contributed by atoms with Gasteiger partial charge in [0.1, 0.15) is 24.8 Å². The van der Waals surface area contributed by atoms with Crippen molar-refractivity contribution in [2.24, 2.45) is 0 Å². The van der Waals surface area contributed by atoms with Crippen molar-refractivity contribution >= 4 is 17.4 Å². The maximum absolute atomic E-state index is 11.9. The molecule has 2 heterocycles. The summed E-state index contributed by atoms with van der Waals surface area (Å²) in [6.07, 6.45) is 5.57. The number of nitrogens with one attached hydrogen (secondary N) is 1. The van der Waals surface area contributed by atoms with E-state index in [-0.39, 0.29) is 12.5 Å². The van der Waals surface area contributed by atoms with E-state index in [1.165, 1.54) is 19.3 Å². The number of piperidine rings is 1. The van der Waals surface area contributed by atoms with Gasteiger partial charge in [-0.3, -0.25) is 4.79 Å². The second-order valence-electron chi connectivity index (χ2n) is 6.21. The molecular weight excluding hydrogens is 330 g/mol. The van der Waals surface area contributed by atoms with E-state index in [2.05, 4.69) is 15.2 Å². The van der Waals surface area contributed by atoms with Gasteiger partial charge in [0.2, 0.25) is 0 Å². The maximum Gasteiger partial charge on any atom is 0.251 e. The van der Waals surface area contributed by atoms with Gasteiger partial charge in [0.05, 0.1) is 18.5 Å². The number of amides is 1. The average molecular weight is 355 g/mol. The van der Waals surface area contributed by atoms with Crippen LogP contribution in [0.25, 0.3) is 0 Å². The Morgan fingerprint density at radius 3 is 2.58 bits per heavy atom. The first-order valence-electron chi connectivity index (χ1n) is 9.08. The molecule has 1 aliphatic heterocycles. The van der Waals surface area contributed by atoms with Crippen LogP contribution in [0.2, 0.25) is 0 Å². The van der Waals surface area contributed by atoms with Gasteiger partial charge in [0, 0.05) is 13.1 Å². The topological polar surface area (TPSA) is 63.7 Å². The van der Waals surface area contributed by atoms with Crippen molar-refractivity contribution in [1.29, 1.82) is 0 Å². The van der Waals surface area contributed by atoms with Crippen LogP contribution in [-0.2, 0) is 9.53 Å². The van der Waals surface area contributed by atoms with E-state index in [1.54, 1.807) is 0 Å². The lowest BCUT2D eigenvalue weighted by Crippen LogP contribution is -2.29. The highest BCUT2D eigenvalue weighted by Gasteiger charge is 2.11. The Morgan fingerprint density at radius 2 is 1.85 bits per heavy atom. The van der Waals surface area contributed by atoms with Crippen LogP contribution >= 0.6 is 0 Å². The van der Waals surface area contributed by atoms with Crippen molar-refractivity contribution in [2.75, 3.05) is 43.1 Å². The van der Waals surface area contributed by atoms with Gasteiger partial charge >= 0.3 is 0 Å². The van der Waals surface area contributed by atoms with E-state index < -0.39 is 0 Å². The Bertz CT molecular complexity index is 670. The number of aromatic nitrogens is 1. The highest BCUT2D eigenvalue weighted by atomic mass is 16.5. The van der Waals surface area contributed by atoms with Gasteiger partial charge in [-0.25, -0.2) is 4.98 Å². The van der Waals surface area contributed by atoms with Crippen molar-refractivity contribution in [2.45, 2.75) is 19.3 Å². The summed E-state index contributed by atoms with van der Waals surface area (Å²) in [4.78, 5) is 18.6. The largest absolute Gasteiger partial charge is 0.491 e. The molecule has 138 valence electrons. The lowest BCUT2D eigenvalue weighted by atomic mass is 10.1. The molecule has 1 N–H and O–H groups in total. The number of ether oxygens (including phenoxy) is 2. The zero-order valence-corrected chi connectivity index (χ0v) is 14.9. The van der Waals surface area contributed by atoms with Gasteiger partial charge < -0.3 is 19.7 Å². The van der Waals surface area contributed by atoms with E-state index in [0.717, 1.165) is 24.5 Å². The molecule has 6 heteroatoms. The van der Waals surface area contributed by atoms with E-state index >= 15 is 0 Å². The Balaban J connectivity index is 1.34. The lowest BCUT2D eigenvalue weighted by molar-refractivity contribution is -0.120. The van der Waals surface area contributed by atoms with Gasteiger partial charge in [0.15, 0.2) is 0 Å². The van der Waals surface area contributed by atoms with Crippen LogP contribution in [0.15, 0.2) is 48.7 Å². The quantitative estimate of drug-likeness (QED) is 0.737. The third kappa shape index (κ3) is 5.74. The van der Waals surface area contributed by atoms with Gasteiger partial charge in [0.25, 0.3) is 5.91 Å². The van der Waals surface area contributed by atoms with E-state index in [4.69, 9.17) is 9.47 Å². The number of hydrogen-bond donors (Lipinski definition) is 1. The van der Waals surface area contributed by atoms with E-state index in [9.17, 15) is 4.79 Å². The molecule has 0 bridgehead atoms. The zero-order chi connectivity index (χ0) is 18.0. The molecule has 0 aliphatic carbocycles. The fraction of sp³-hybridized carbons (Fsp3) is 0.400. The normalized spacial score (nSPS) is 14.1.